The molecule has 1 saturated heterocycles. The van der Waals surface area contributed by atoms with Crippen molar-refractivity contribution in [3.63, 3.8) is 0 Å². The molecule has 12 heteroatoms. The second-order valence-corrected chi connectivity index (χ2v) is 7.77. The maximum atomic E-state index is 14.7. The van der Waals surface area contributed by atoms with Crippen molar-refractivity contribution in [1.29, 1.82) is 0 Å². The molecule has 1 atom stereocenters. The zero-order valence-corrected chi connectivity index (χ0v) is 18.9. The lowest BCUT2D eigenvalue weighted by Gasteiger charge is -2.33. The number of ether oxygens (including phenoxy) is 1. The Labute approximate surface area is 199 Å². The Morgan fingerprint density at radius 2 is 2.24 bits per heavy atom. The first-order valence-corrected chi connectivity index (χ1v) is 10.7. The van der Waals surface area contributed by atoms with E-state index in [1.54, 1.807) is 13.3 Å². The Morgan fingerprint density at radius 3 is 2.94 bits per heavy atom. The minimum atomic E-state index is -0.605. The van der Waals surface area contributed by atoms with Crippen molar-refractivity contribution in [2.75, 3.05) is 37.0 Å². The van der Waals surface area contributed by atoms with Gasteiger partial charge in [0.25, 0.3) is 5.91 Å². The van der Waals surface area contributed by atoms with Gasteiger partial charge in [0.15, 0.2) is 12.0 Å². The van der Waals surface area contributed by atoms with Gasteiger partial charge < -0.3 is 25.2 Å². The molecule has 1 unspecified atom stereocenters. The van der Waals surface area contributed by atoms with E-state index in [1.165, 1.54) is 42.9 Å². The molecular weight excluding hydrogens is 465 g/mol. The molecule has 3 aromatic rings. The van der Waals surface area contributed by atoms with Gasteiger partial charge in [-0.15, -0.1) is 0 Å². The first-order chi connectivity index (χ1) is 16.5. The number of benzene rings is 1. The minimum Gasteiger partial charge on any atom is -0.404 e. The highest BCUT2D eigenvalue weighted by atomic mass is 35.5. The number of carbonyl (C=O) groups excluding carboxylic acids is 1. The van der Waals surface area contributed by atoms with Gasteiger partial charge in [0.05, 0.1) is 30.5 Å². The van der Waals surface area contributed by atoms with E-state index in [9.17, 15) is 9.18 Å². The van der Waals surface area contributed by atoms with Crippen LogP contribution in [0.3, 0.4) is 0 Å². The van der Waals surface area contributed by atoms with Crippen molar-refractivity contribution in [1.82, 2.24) is 15.1 Å². The summed E-state index contributed by atoms with van der Waals surface area (Å²) in [6.07, 6.45) is 5.53. The second kappa shape index (κ2) is 10.4. The highest BCUT2D eigenvalue weighted by molar-refractivity contribution is 6.30. The maximum absolute atomic E-state index is 14.7. The molecule has 1 aromatic carbocycles. The standard InChI is InChI=1S/C22H21ClFN7O3/c1-26-9-13(8-25)19-11-31(4-5-33-19)20-7-18(22(32)28-15-10-27-34-12-15)29-21(30-20)16-3-2-14(23)6-17(16)24/h2-3,6-10,12,19H,4-5,11,25H2,1H3,(H,28,32)/p+1/b13-8+,26-9?. The average Bonchev–Trinajstić information content (AvgIpc) is 3.35. The first-order valence-electron chi connectivity index (χ1n) is 10.3. The number of nitrogens with zero attached hydrogens (tertiary/aromatic N) is 4. The molecule has 1 amide bonds. The van der Waals surface area contributed by atoms with E-state index in [4.69, 9.17) is 26.6 Å². The fraction of sp³-hybridized carbons (Fsp3) is 0.227. The van der Waals surface area contributed by atoms with E-state index in [-0.39, 0.29) is 28.2 Å². The number of hydrogen-bond donors (Lipinski definition) is 3. The summed E-state index contributed by atoms with van der Waals surface area (Å²) < 4.78 is 25.3. The van der Waals surface area contributed by atoms with Crippen LogP contribution in [0.4, 0.5) is 15.9 Å². The molecule has 2 aromatic heterocycles. The summed E-state index contributed by atoms with van der Waals surface area (Å²) in [5.41, 5.74) is 7.02. The fourth-order valence-electron chi connectivity index (χ4n) is 3.44. The Bertz CT molecular complexity index is 1230. The van der Waals surface area contributed by atoms with Crippen LogP contribution >= 0.6 is 11.6 Å². The minimum absolute atomic E-state index is 0.0370. The van der Waals surface area contributed by atoms with Crippen molar-refractivity contribution >= 4 is 35.2 Å². The van der Waals surface area contributed by atoms with Crippen molar-refractivity contribution in [3.8, 4) is 11.4 Å². The van der Waals surface area contributed by atoms with Gasteiger partial charge in [0.2, 0.25) is 0 Å². The molecule has 4 rings (SSSR count). The molecule has 0 bridgehead atoms. The van der Waals surface area contributed by atoms with Crippen LogP contribution in [0.15, 0.2) is 53.0 Å². The fourth-order valence-corrected chi connectivity index (χ4v) is 3.60. The Kier molecular flexibility index (Phi) is 7.14. The molecule has 0 saturated carbocycles. The zero-order valence-electron chi connectivity index (χ0n) is 18.2. The summed E-state index contributed by atoms with van der Waals surface area (Å²) in [7, 11) is 1.77. The molecule has 1 aliphatic heterocycles. The summed E-state index contributed by atoms with van der Waals surface area (Å²) >= 11 is 5.90. The predicted octanol–water partition coefficient (Wildman–Crippen LogP) is 1.01. The Balaban J connectivity index is 1.73. The summed E-state index contributed by atoms with van der Waals surface area (Å²) in [4.78, 5) is 26.6. The number of aromatic nitrogens is 3. The van der Waals surface area contributed by atoms with Crippen LogP contribution in [0, 0.1) is 5.82 Å². The molecule has 1 fully saturated rings. The Hall–Kier alpha value is -3.83. The molecule has 0 aliphatic carbocycles. The molecule has 176 valence electrons. The van der Waals surface area contributed by atoms with Crippen LogP contribution < -0.4 is 20.9 Å². The summed E-state index contributed by atoms with van der Waals surface area (Å²) in [6, 6.07) is 5.71. The summed E-state index contributed by atoms with van der Waals surface area (Å²) in [5, 5.41) is 6.44. The number of hydrogen-bond acceptors (Lipinski definition) is 8. The number of nitrogens with two attached hydrogens (primary N) is 1. The second-order valence-electron chi connectivity index (χ2n) is 7.33. The normalized spacial score (nSPS) is 16.7. The molecular formula is C22H22ClFN7O3+. The molecule has 0 radical (unpaired) electrons. The van der Waals surface area contributed by atoms with Crippen LogP contribution in [-0.2, 0) is 4.74 Å². The van der Waals surface area contributed by atoms with Crippen LogP contribution in [0.5, 0.6) is 0 Å². The van der Waals surface area contributed by atoms with E-state index < -0.39 is 11.7 Å². The van der Waals surface area contributed by atoms with E-state index in [1.807, 2.05) is 4.90 Å². The lowest BCUT2D eigenvalue weighted by atomic mass is 10.1. The largest absolute Gasteiger partial charge is 0.404 e. The number of halogens is 2. The van der Waals surface area contributed by atoms with Crippen LogP contribution in [0.25, 0.3) is 11.4 Å². The van der Waals surface area contributed by atoms with E-state index in [0.717, 1.165) is 5.57 Å². The van der Waals surface area contributed by atoms with Crippen molar-refractivity contribution < 1.29 is 23.4 Å². The SMILES string of the molecule is C[NH+]=C/C(=C\N)C1CN(c2cc(C(=O)Nc3cnoc3)nc(-c3ccc(Cl)cc3F)n2)CCO1. The number of amides is 1. The molecule has 4 N–H and O–H groups in total. The zero-order chi connectivity index (χ0) is 24.1. The predicted molar refractivity (Wildman–Crippen MR) is 124 cm³/mol. The molecule has 0 spiro atoms. The quantitative estimate of drug-likeness (QED) is 0.439. The van der Waals surface area contributed by atoms with Gasteiger partial charge in [-0.1, -0.05) is 16.8 Å². The number of rotatable bonds is 6. The van der Waals surface area contributed by atoms with Crippen LogP contribution in [-0.4, -0.2) is 60.1 Å². The maximum Gasteiger partial charge on any atom is 0.274 e. The third kappa shape index (κ3) is 5.21. The van der Waals surface area contributed by atoms with E-state index in [2.05, 4.69) is 25.4 Å². The Morgan fingerprint density at radius 1 is 1.38 bits per heavy atom. The van der Waals surface area contributed by atoms with Crippen molar-refractivity contribution in [3.05, 3.63) is 65.0 Å². The van der Waals surface area contributed by atoms with Gasteiger partial charge in [-0.25, -0.2) is 14.4 Å². The van der Waals surface area contributed by atoms with Crippen LogP contribution in [0.1, 0.15) is 10.5 Å². The first kappa shape index (κ1) is 23.3. The van der Waals surface area contributed by atoms with Gasteiger partial charge in [0, 0.05) is 23.8 Å². The van der Waals surface area contributed by atoms with Gasteiger partial charge in [-0.3, -0.25) is 9.79 Å². The van der Waals surface area contributed by atoms with Gasteiger partial charge >= 0.3 is 0 Å². The average molecular weight is 487 g/mol. The van der Waals surface area contributed by atoms with Crippen LogP contribution in [0.2, 0.25) is 5.02 Å². The molecule has 1 aliphatic rings. The molecule has 3 heterocycles. The molecule has 34 heavy (non-hydrogen) atoms. The summed E-state index contributed by atoms with van der Waals surface area (Å²) in [6.45, 7) is 1.31. The monoisotopic (exact) mass is 486 g/mol. The highest BCUT2D eigenvalue weighted by Gasteiger charge is 2.27. The number of carbonyl (C=O) groups is 1. The van der Waals surface area contributed by atoms with Crippen molar-refractivity contribution in [2.45, 2.75) is 6.10 Å². The van der Waals surface area contributed by atoms with Gasteiger partial charge in [-0.05, 0) is 18.2 Å². The number of anilines is 2. The smallest absolute Gasteiger partial charge is 0.274 e. The van der Waals surface area contributed by atoms with Gasteiger partial charge in [0.1, 0.15) is 42.4 Å². The van der Waals surface area contributed by atoms with Gasteiger partial charge in [-0.2, -0.15) is 0 Å². The number of nitrogens with one attached hydrogen (secondary N) is 2. The topological polar surface area (TPSA) is 133 Å². The lowest BCUT2D eigenvalue weighted by Crippen LogP contribution is -2.64. The van der Waals surface area contributed by atoms with E-state index >= 15 is 0 Å². The van der Waals surface area contributed by atoms with E-state index in [0.29, 0.717) is 31.2 Å². The highest BCUT2D eigenvalue weighted by Crippen LogP contribution is 2.27. The third-order valence-electron chi connectivity index (χ3n) is 5.07. The lowest BCUT2D eigenvalue weighted by molar-refractivity contribution is -0.413. The molecule has 10 nitrogen and oxygen atoms in total. The third-order valence-corrected chi connectivity index (χ3v) is 5.31. The van der Waals surface area contributed by atoms with Crippen molar-refractivity contribution in [2.24, 2.45) is 5.73 Å². The summed E-state index contributed by atoms with van der Waals surface area (Å²) in [5.74, 6) is -0.657. The number of morpholine rings is 1.